The van der Waals surface area contributed by atoms with Gasteiger partial charge in [-0.15, -0.1) is 0 Å². The van der Waals surface area contributed by atoms with Crippen LogP contribution in [0.5, 0.6) is 0 Å². The number of ether oxygens (including phenoxy) is 1. The van der Waals surface area contributed by atoms with E-state index in [1.165, 1.54) is 0 Å². The normalized spacial score (nSPS) is 11.7. The average Bonchev–Trinajstić information content (AvgIpc) is 2.15. The van der Waals surface area contributed by atoms with Crippen LogP contribution in [0.4, 0.5) is 0 Å². The molecule has 0 amide bonds. The van der Waals surface area contributed by atoms with E-state index in [9.17, 15) is 0 Å². The third kappa shape index (κ3) is 2.36. The molecule has 0 aliphatic carbocycles. The molecule has 0 saturated carbocycles. The molecule has 0 spiro atoms. The minimum absolute atomic E-state index is 0.549. The van der Waals surface area contributed by atoms with Crippen LogP contribution < -0.4 is 0 Å². The highest BCUT2D eigenvalue weighted by Crippen LogP contribution is 2.14. The summed E-state index contributed by atoms with van der Waals surface area (Å²) in [6.45, 7) is 0.549. The summed E-state index contributed by atoms with van der Waals surface area (Å²) in [5.41, 5.74) is 3.66. The second-order valence-electron chi connectivity index (χ2n) is 2.43. The Bertz CT molecular complexity index is 254. The van der Waals surface area contributed by atoms with E-state index in [-0.39, 0.29) is 0 Å². The molecule has 0 radical (unpaired) electrons. The van der Waals surface area contributed by atoms with Gasteiger partial charge in [-0.1, -0.05) is 41.9 Å². The molecule has 0 saturated heterocycles. The Morgan fingerprint density at radius 2 is 2.08 bits per heavy atom. The second-order valence-corrected chi connectivity index (χ2v) is 2.65. The first kappa shape index (κ1) is 9.30. The molecule has 0 unspecified atom stereocenters. The van der Waals surface area contributed by atoms with E-state index in [2.05, 4.69) is 0 Å². The Balaban J connectivity index is 2.82. The summed E-state index contributed by atoms with van der Waals surface area (Å²) in [6, 6.07) is 9.94. The fourth-order valence-corrected chi connectivity index (χ4v) is 1.17. The van der Waals surface area contributed by atoms with Gasteiger partial charge in [0.2, 0.25) is 0 Å². The van der Waals surface area contributed by atoms with Crippen LogP contribution in [-0.4, -0.2) is 13.7 Å². The van der Waals surface area contributed by atoms with Gasteiger partial charge in [-0.3, -0.25) is 0 Å². The largest absolute Gasteiger partial charge is 0.380 e. The number of rotatable bonds is 3. The predicted molar refractivity (Wildman–Crippen MR) is 52.1 cm³/mol. The zero-order valence-electron chi connectivity index (χ0n) is 6.96. The van der Waals surface area contributed by atoms with Crippen LogP contribution in [0, 0.1) is 0 Å². The maximum Gasteiger partial charge on any atom is 0.0727 e. The topological polar surface area (TPSA) is 9.23 Å². The van der Waals surface area contributed by atoms with E-state index in [0.717, 1.165) is 11.1 Å². The summed E-state index contributed by atoms with van der Waals surface area (Å²) >= 11 is 5.64. The maximum atomic E-state index is 5.64. The lowest BCUT2D eigenvalue weighted by Crippen LogP contribution is -1.92. The number of methoxy groups -OCH3 is 1. The minimum Gasteiger partial charge on any atom is -0.380 e. The van der Waals surface area contributed by atoms with E-state index in [1.807, 2.05) is 30.3 Å². The molecule has 1 nitrogen and oxygen atoms in total. The molecule has 0 aliphatic heterocycles. The first-order valence-electron chi connectivity index (χ1n) is 3.72. The van der Waals surface area contributed by atoms with Crippen molar-refractivity contribution in [3.8, 4) is 0 Å². The van der Waals surface area contributed by atoms with Crippen molar-refractivity contribution in [1.29, 1.82) is 0 Å². The Hall–Kier alpha value is -0.790. The van der Waals surface area contributed by atoms with Crippen molar-refractivity contribution < 1.29 is 4.74 Å². The lowest BCUT2D eigenvalue weighted by molar-refractivity contribution is 0.240. The van der Waals surface area contributed by atoms with Crippen LogP contribution in [0.1, 0.15) is 5.56 Å². The molecule has 1 aromatic rings. The van der Waals surface area contributed by atoms with Gasteiger partial charge in [-0.25, -0.2) is 0 Å². The van der Waals surface area contributed by atoms with Crippen molar-refractivity contribution in [2.24, 2.45) is 0 Å². The van der Waals surface area contributed by atoms with Crippen molar-refractivity contribution in [3.63, 3.8) is 0 Å². The number of benzene rings is 1. The molecule has 0 aliphatic rings. The molecule has 12 heavy (non-hydrogen) atoms. The highest BCUT2D eigenvalue weighted by atomic mass is 35.5. The van der Waals surface area contributed by atoms with Crippen molar-refractivity contribution in [2.45, 2.75) is 0 Å². The van der Waals surface area contributed by atoms with Crippen molar-refractivity contribution >= 4 is 17.2 Å². The molecule has 0 fully saturated rings. The molecule has 64 valence electrons. The molecule has 1 rings (SSSR count). The van der Waals surface area contributed by atoms with E-state index in [1.54, 1.807) is 12.6 Å². The zero-order chi connectivity index (χ0) is 8.81. The molecule has 0 N–H and O–H groups in total. The van der Waals surface area contributed by atoms with Gasteiger partial charge in [0.05, 0.1) is 6.61 Å². The smallest absolute Gasteiger partial charge is 0.0727 e. The zero-order valence-corrected chi connectivity index (χ0v) is 7.71. The van der Waals surface area contributed by atoms with Crippen molar-refractivity contribution in [1.82, 2.24) is 0 Å². The standard InChI is InChI=1S/C10H11ClO/c1-12-8-10(7-11)9-5-3-2-4-6-9/h2-7H,8H2,1H3/b10-7+. The molecular weight excluding hydrogens is 172 g/mol. The molecule has 0 aromatic heterocycles. The van der Waals surface area contributed by atoms with E-state index in [0.29, 0.717) is 6.61 Å². The quantitative estimate of drug-likeness (QED) is 0.699. The van der Waals surface area contributed by atoms with Gasteiger partial charge in [0.15, 0.2) is 0 Å². The predicted octanol–water partition coefficient (Wildman–Crippen LogP) is 2.91. The lowest BCUT2D eigenvalue weighted by Gasteiger charge is -2.03. The van der Waals surface area contributed by atoms with Gasteiger partial charge in [0, 0.05) is 12.6 Å². The Kier molecular flexibility index (Phi) is 3.85. The van der Waals surface area contributed by atoms with Crippen LogP contribution >= 0.6 is 11.6 Å². The highest BCUT2D eigenvalue weighted by molar-refractivity contribution is 6.28. The fourth-order valence-electron chi connectivity index (χ4n) is 0.986. The molecular formula is C10H11ClO. The first-order chi connectivity index (χ1) is 5.88. The summed E-state index contributed by atoms with van der Waals surface area (Å²) in [5.74, 6) is 0. The molecule has 0 heterocycles. The molecule has 0 bridgehead atoms. The molecule has 1 aromatic carbocycles. The third-order valence-corrected chi connectivity index (χ3v) is 1.84. The van der Waals surface area contributed by atoms with Gasteiger partial charge in [-0.05, 0) is 11.1 Å². The van der Waals surface area contributed by atoms with Gasteiger partial charge in [0.1, 0.15) is 0 Å². The molecule has 0 atom stereocenters. The summed E-state index contributed by atoms with van der Waals surface area (Å²) < 4.78 is 5.00. The third-order valence-electron chi connectivity index (χ3n) is 1.58. The van der Waals surface area contributed by atoms with Crippen LogP contribution in [0.2, 0.25) is 0 Å². The van der Waals surface area contributed by atoms with Gasteiger partial charge in [0.25, 0.3) is 0 Å². The average molecular weight is 183 g/mol. The minimum atomic E-state index is 0.549. The van der Waals surface area contributed by atoms with E-state index in [4.69, 9.17) is 16.3 Å². The van der Waals surface area contributed by atoms with Crippen LogP contribution in [0.25, 0.3) is 5.57 Å². The Morgan fingerprint density at radius 3 is 2.58 bits per heavy atom. The summed E-state index contributed by atoms with van der Waals surface area (Å²) in [5, 5.41) is 0. The number of hydrogen-bond donors (Lipinski definition) is 0. The van der Waals surface area contributed by atoms with Gasteiger partial charge < -0.3 is 4.74 Å². The van der Waals surface area contributed by atoms with Crippen LogP contribution in [-0.2, 0) is 4.74 Å². The highest BCUT2D eigenvalue weighted by Gasteiger charge is 1.97. The number of hydrogen-bond acceptors (Lipinski definition) is 1. The summed E-state index contributed by atoms with van der Waals surface area (Å²) in [6.07, 6.45) is 0. The second kappa shape index (κ2) is 4.96. The van der Waals surface area contributed by atoms with Crippen LogP contribution in [0.15, 0.2) is 35.9 Å². The fraction of sp³-hybridized carbons (Fsp3) is 0.200. The van der Waals surface area contributed by atoms with Gasteiger partial charge >= 0.3 is 0 Å². The lowest BCUT2D eigenvalue weighted by atomic mass is 10.1. The summed E-state index contributed by atoms with van der Waals surface area (Å²) in [7, 11) is 1.66. The maximum absolute atomic E-state index is 5.64. The van der Waals surface area contributed by atoms with E-state index >= 15 is 0 Å². The summed E-state index contributed by atoms with van der Waals surface area (Å²) in [4.78, 5) is 0. The van der Waals surface area contributed by atoms with Crippen molar-refractivity contribution in [2.75, 3.05) is 13.7 Å². The first-order valence-corrected chi connectivity index (χ1v) is 4.15. The van der Waals surface area contributed by atoms with Crippen molar-refractivity contribution in [3.05, 3.63) is 41.4 Å². The Morgan fingerprint density at radius 1 is 1.42 bits per heavy atom. The molecule has 2 heteroatoms. The SMILES string of the molecule is COC/C(=C\Cl)c1ccccc1. The monoisotopic (exact) mass is 182 g/mol. The number of halogens is 1. The van der Waals surface area contributed by atoms with Crippen LogP contribution in [0.3, 0.4) is 0 Å². The van der Waals surface area contributed by atoms with Gasteiger partial charge in [-0.2, -0.15) is 0 Å². The van der Waals surface area contributed by atoms with E-state index < -0.39 is 0 Å². The Labute approximate surface area is 77.6 Å².